The molecule has 0 aromatic rings. The lowest BCUT2D eigenvalue weighted by Gasteiger charge is -2.51. The number of carbonyl (C=O) groups is 4. The first kappa shape index (κ1) is 109. The molecule has 0 aromatic heterocycles. The summed E-state index contributed by atoms with van der Waals surface area (Å²) in [4.78, 5) is 52.3. The lowest BCUT2D eigenvalue weighted by molar-refractivity contribution is -0.387. The van der Waals surface area contributed by atoms with E-state index in [9.17, 15) is 121 Å². The molecule has 7 heterocycles. The molecule has 42 heteroatoms. The van der Waals surface area contributed by atoms with Crippen molar-refractivity contribution in [1.29, 1.82) is 0 Å². The number of carbonyl (C=O) groups excluding carboxylic acids is 4. The molecule has 0 aromatic carbocycles. The Morgan fingerprint density at radius 1 is 0.310 bits per heavy atom. The van der Waals surface area contributed by atoms with Crippen molar-refractivity contribution in [3.63, 3.8) is 0 Å². The molecular formula is C84H150N4O38. The van der Waals surface area contributed by atoms with E-state index in [1.54, 1.807) is 6.08 Å². The predicted octanol–water partition coefficient (Wildman–Crippen LogP) is -4.46. The summed E-state index contributed by atoms with van der Waals surface area (Å²) >= 11 is 0. The van der Waals surface area contributed by atoms with Crippen LogP contribution in [0.15, 0.2) is 12.2 Å². The summed E-state index contributed by atoms with van der Waals surface area (Å²) in [6, 6.07) is -6.56. The number of aliphatic hydroxyl groups excluding tert-OH is 20. The molecule has 42 nitrogen and oxygen atoms in total. The van der Waals surface area contributed by atoms with Gasteiger partial charge in [0.1, 0.15) is 171 Å². The van der Waals surface area contributed by atoms with Gasteiger partial charge in [-0.05, 0) is 19.3 Å². The Balaban J connectivity index is 1.03. The Hall–Kier alpha value is -3.74. The van der Waals surface area contributed by atoms with Crippen LogP contribution in [0.1, 0.15) is 214 Å². The van der Waals surface area contributed by atoms with E-state index in [0.717, 1.165) is 72.1 Å². The maximum atomic E-state index is 13.6. The summed E-state index contributed by atoms with van der Waals surface area (Å²) in [7, 11) is 0. The minimum absolute atomic E-state index is 0.155. The Kier molecular flexibility index (Phi) is 49.5. The molecule has 7 aliphatic rings. The van der Waals surface area contributed by atoms with Crippen LogP contribution in [0.25, 0.3) is 0 Å². The van der Waals surface area contributed by atoms with E-state index in [-0.39, 0.29) is 12.3 Å². The molecule has 7 saturated heterocycles. The third kappa shape index (κ3) is 32.0. The highest BCUT2D eigenvalue weighted by molar-refractivity contribution is 5.76. The molecule has 37 atom stereocenters. The number of nitrogens with one attached hydrogen (secondary N) is 4. The second-order valence-electron chi connectivity index (χ2n) is 34.2. The number of ether oxygens (including phenoxy) is 14. The van der Waals surface area contributed by atoms with Crippen molar-refractivity contribution in [3.8, 4) is 0 Å². The van der Waals surface area contributed by atoms with Gasteiger partial charge in [0.05, 0.1) is 65.0 Å². The maximum absolute atomic E-state index is 13.6. The van der Waals surface area contributed by atoms with Gasteiger partial charge in [-0.1, -0.05) is 180 Å². The molecule has 734 valence electrons. The molecule has 0 saturated carbocycles. The van der Waals surface area contributed by atoms with E-state index in [0.29, 0.717) is 12.8 Å². The number of aliphatic hydroxyl groups is 20. The number of hydrogen-bond acceptors (Lipinski definition) is 38. The number of hydrogen-bond donors (Lipinski definition) is 24. The molecule has 7 rings (SSSR count). The monoisotopic (exact) mass is 1820 g/mol. The van der Waals surface area contributed by atoms with Crippen LogP contribution >= 0.6 is 0 Å². The van der Waals surface area contributed by atoms with Gasteiger partial charge in [-0.2, -0.15) is 0 Å². The Bertz CT molecular complexity index is 3060. The molecule has 0 bridgehead atoms. The number of unbranched alkanes of at least 4 members (excludes halogenated alkanes) is 25. The van der Waals surface area contributed by atoms with Crippen molar-refractivity contribution in [1.82, 2.24) is 21.3 Å². The second-order valence-corrected chi connectivity index (χ2v) is 34.2. The van der Waals surface area contributed by atoms with Crippen molar-refractivity contribution in [2.24, 2.45) is 0 Å². The van der Waals surface area contributed by atoms with Gasteiger partial charge in [0.2, 0.25) is 23.6 Å². The molecule has 14 unspecified atom stereocenters. The van der Waals surface area contributed by atoms with Crippen LogP contribution < -0.4 is 21.3 Å². The van der Waals surface area contributed by atoms with Crippen LogP contribution in [0.5, 0.6) is 0 Å². The van der Waals surface area contributed by atoms with E-state index in [1.165, 1.54) is 109 Å². The van der Waals surface area contributed by atoms with Gasteiger partial charge in [-0.25, -0.2) is 0 Å². The van der Waals surface area contributed by atoms with Gasteiger partial charge in [0, 0.05) is 27.2 Å². The summed E-state index contributed by atoms with van der Waals surface area (Å²) in [6.07, 6.45) is -31.3. The highest BCUT2D eigenvalue weighted by Crippen LogP contribution is 2.39. The van der Waals surface area contributed by atoms with Crippen molar-refractivity contribution in [2.45, 2.75) is 441 Å². The summed E-state index contributed by atoms with van der Waals surface area (Å²) < 4.78 is 83.7. The Morgan fingerprint density at radius 2 is 0.595 bits per heavy atom. The van der Waals surface area contributed by atoms with Crippen molar-refractivity contribution < 1.29 is 188 Å². The summed E-state index contributed by atoms with van der Waals surface area (Å²) in [5, 5.41) is 236. The van der Waals surface area contributed by atoms with Crippen molar-refractivity contribution in [2.75, 3.05) is 52.9 Å². The minimum atomic E-state index is -2.38. The minimum Gasteiger partial charge on any atom is -0.394 e. The lowest BCUT2D eigenvalue weighted by atomic mass is 9.93. The van der Waals surface area contributed by atoms with Crippen LogP contribution in [-0.4, -0.2) is 406 Å². The summed E-state index contributed by atoms with van der Waals surface area (Å²) in [6.45, 7) is -0.384. The van der Waals surface area contributed by atoms with E-state index in [4.69, 9.17) is 66.3 Å². The Morgan fingerprint density at radius 3 is 0.944 bits per heavy atom. The standard InChI is InChI=1S/C84H150N4O38/c1-6-8-10-12-14-16-18-20-21-23-25-27-29-31-33-35-56(100)88-47(48(99)34-32-30-28-26-24-22-19-17-15-13-11-9-7-2)43-113-81-68(109)67(108)72(55(42-95)120-81)121-82-69(110)76(64(105)52(39-92)117-82)125-79-58(86-45(4)97)74(62(103)50(37-90)115-79)123-84-71(112)77(65(106)54(41-94)119-84)126-80-59(87-46(5)98)73(61(102)51(38-91)116-80)122-83-70(111)75(63(104)53(40-93)118-83)124-78-57(85-44(3)96)66(107)60(101)49(36-89)114-78/h32,34,47-55,57-84,89-95,99,101-112H,6-31,33,35-43H2,1-5H3,(H,85,96)(H,86,97)(H,87,98)(H,88,100)/b34-32+/t47-,48+,49?,50?,51?,52?,53?,54?,55?,57?,58?,59?,60-,61+,62+,63-,64-,65-,66+,67+,68?,69?,70?,71?,72+,73+,74+,75-,76-,77-,78+,79-,80-,81+,82-,83-,84-/m0/s1. The average Bonchev–Trinajstić information content (AvgIpc) is 0.761. The fourth-order valence-electron chi connectivity index (χ4n) is 17.0. The maximum Gasteiger partial charge on any atom is 0.220 e. The molecular weight excluding hydrogens is 1670 g/mol. The van der Waals surface area contributed by atoms with Crippen LogP contribution in [0.3, 0.4) is 0 Å². The first-order valence-electron chi connectivity index (χ1n) is 45.5. The average molecular weight is 1820 g/mol. The summed E-state index contributed by atoms with van der Waals surface area (Å²) in [5.41, 5.74) is 0. The molecule has 0 spiro atoms. The first-order valence-corrected chi connectivity index (χ1v) is 45.5. The lowest BCUT2D eigenvalue weighted by Crippen LogP contribution is -2.71. The number of allylic oxidation sites excluding steroid dienone is 1. The van der Waals surface area contributed by atoms with Crippen molar-refractivity contribution >= 4 is 23.6 Å². The highest BCUT2D eigenvalue weighted by atomic mass is 16.8. The molecule has 7 fully saturated rings. The normalized spacial score (nSPS) is 38.0. The van der Waals surface area contributed by atoms with Gasteiger partial charge < -0.3 is 190 Å². The van der Waals surface area contributed by atoms with E-state index in [2.05, 4.69) is 35.1 Å². The SMILES string of the molecule is CCCCCCCCCCCCC/C=C/[C@@H](O)[C@H](CO[C@@H]1OC(CO)[C@@H](O[C@@H]2OC(CO)[C@H](O)[C@H](O[C@@H]3OC(CO)[C@@H](O)[C@H](O[C@@H]4OC(CO)[C@H](O)[C@H](O[C@@H]5OC(CO)[C@@H](O)[C@H](O[C@@H]6OC(CO)[C@H](O)[C@H](O[C@H]7OC(CO)[C@H](O)[C@H](O)C7NC(C)=O)C6O)C5NC(C)=O)C4O)C3NC(C)=O)C2O)[C@H](O)C1O)NC(=O)CCCCCCCCCCCCCCCCC. The predicted molar refractivity (Wildman–Crippen MR) is 438 cm³/mol. The number of rotatable bonds is 56. The zero-order valence-electron chi connectivity index (χ0n) is 73.3. The number of amides is 4. The van der Waals surface area contributed by atoms with Crippen LogP contribution in [0.2, 0.25) is 0 Å². The highest BCUT2D eigenvalue weighted by Gasteiger charge is 2.60. The molecule has 7 aliphatic heterocycles. The van der Waals surface area contributed by atoms with Gasteiger partial charge in [-0.3, -0.25) is 19.2 Å². The molecule has 24 N–H and O–H groups in total. The van der Waals surface area contributed by atoms with E-state index >= 15 is 0 Å². The largest absolute Gasteiger partial charge is 0.394 e. The topological polar surface area (TPSA) is 650 Å². The zero-order valence-corrected chi connectivity index (χ0v) is 73.3. The second kappa shape index (κ2) is 57.1. The molecule has 0 radical (unpaired) electrons. The fraction of sp³-hybridized carbons (Fsp3) is 0.929. The van der Waals surface area contributed by atoms with E-state index < -0.39 is 297 Å². The van der Waals surface area contributed by atoms with Crippen LogP contribution in [-0.2, 0) is 85.5 Å². The molecule has 4 amide bonds. The third-order valence-electron chi connectivity index (χ3n) is 24.2. The van der Waals surface area contributed by atoms with Gasteiger partial charge in [0.15, 0.2) is 44.0 Å². The quantitative estimate of drug-likeness (QED) is 0.0202. The first-order chi connectivity index (χ1) is 60.4. The van der Waals surface area contributed by atoms with Crippen molar-refractivity contribution in [3.05, 3.63) is 12.2 Å². The smallest absolute Gasteiger partial charge is 0.220 e. The van der Waals surface area contributed by atoms with Gasteiger partial charge in [-0.15, -0.1) is 0 Å². The van der Waals surface area contributed by atoms with Gasteiger partial charge >= 0.3 is 0 Å². The van der Waals surface area contributed by atoms with E-state index in [1.807, 2.05) is 6.08 Å². The molecule has 126 heavy (non-hydrogen) atoms. The molecule has 0 aliphatic carbocycles. The Labute approximate surface area is 736 Å². The summed E-state index contributed by atoms with van der Waals surface area (Å²) in [5.74, 6) is -3.00. The fourth-order valence-corrected chi connectivity index (χ4v) is 17.0. The third-order valence-corrected chi connectivity index (χ3v) is 24.2. The van der Waals surface area contributed by atoms with Crippen LogP contribution in [0, 0.1) is 0 Å². The van der Waals surface area contributed by atoms with Gasteiger partial charge in [0.25, 0.3) is 0 Å². The zero-order chi connectivity index (χ0) is 92.3. The van der Waals surface area contributed by atoms with Crippen LogP contribution in [0.4, 0.5) is 0 Å².